The van der Waals surface area contributed by atoms with Gasteiger partial charge in [0.1, 0.15) is 6.10 Å². The van der Waals surface area contributed by atoms with Gasteiger partial charge in [-0.3, -0.25) is 0 Å². The first-order valence-electron chi connectivity index (χ1n) is 8.34. The molecular formula is C20H28O3Si. The molecule has 24 heavy (non-hydrogen) atoms. The van der Waals surface area contributed by atoms with Crippen molar-refractivity contribution < 1.29 is 14.3 Å². The van der Waals surface area contributed by atoms with Crippen molar-refractivity contribution in [2.75, 3.05) is 20.3 Å². The smallest absolute Gasteiger partial charge is 0.261 e. The van der Waals surface area contributed by atoms with Crippen LogP contribution in [-0.4, -0.2) is 39.9 Å². The zero-order chi connectivity index (χ0) is 17.6. The lowest BCUT2D eigenvalue weighted by Crippen LogP contribution is -2.67. The van der Waals surface area contributed by atoms with Crippen LogP contribution in [0.25, 0.3) is 0 Å². The van der Waals surface area contributed by atoms with Gasteiger partial charge in [0, 0.05) is 7.11 Å². The van der Waals surface area contributed by atoms with E-state index in [-0.39, 0.29) is 17.7 Å². The zero-order valence-corrected chi connectivity index (χ0v) is 16.0. The summed E-state index contributed by atoms with van der Waals surface area (Å²) in [6, 6.07) is 20.9. The molecule has 2 aromatic rings. The number of hydrogen-bond acceptors (Lipinski definition) is 3. The topological polar surface area (TPSA) is 38.7 Å². The Morgan fingerprint density at radius 1 is 0.917 bits per heavy atom. The van der Waals surface area contributed by atoms with Crippen molar-refractivity contribution in [2.45, 2.75) is 31.9 Å². The number of hydrogen-bond donors (Lipinski definition) is 1. The largest absolute Gasteiger partial charge is 0.405 e. The van der Waals surface area contributed by atoms with Crippen molar-refractivity contribution in [3.8, 4) is 0 Å². The molecule has 0 heterocycles. The molecule has 0 fully saturated rings. The lowest BCUT2D eigenvalue weighted by atomic mass is 10.2. The summed E-state index contributed by atoms with van der Waals surface area (Å²) in [5, 5.41) is 11.9. The van der Waals surface area contributed by atoms with Crippen molar-refractivity contribution in [3.63, 3.8) is 0 Å². The monoisotopic (exact) mass is 344 g/mol. The van der Waals surface area contributed by atoms with Crippen LogP contribution < -0.4 is 10.4 Å². The average molecular weight is 345 g/mol. The third-order valence-corrected chi connectivity index (χ3v) is 9.44. The highest BCUT2D eigenvalue weighted by Crippen LogP contribution is 2.36. The second-order valence-corrected chi connectivity index (χ2v) is 11.3. The van der Waals surface area contributed by atoms with Gasteiger partial charge in [-0.05, 0) is 15.4 Å². The molecule has 1 atom stereocenters. The third kappa shape index (κ3) is 3.78. The van der Waals surface area contributed by atoms with E-state index in [1.807, 2.05) is 12.1 Å². The predicted octanol–water partition coefficient (Wildman–Crippen LogP) is 2.57. The molecule has 3 nitrogen and oxygen atoms in total. The van der Waals surface area contributed by atoms with Gasteiger partial charge in [0.25, 0.3) is 8.32 Å². The predicted molar refractivity (Wildman–Crippen MR) is 101 cm³/mol. The van der Waals surface area contributed by atoms with Gasteiger partial charge in [-0.1, -0.05) is 81.4 Å². The molecule has 0 bridgehead atoms. The number of benzene rings is 2. The summed E-state index contributed by atoms with van der Waals surface area (Å²) in [6.45, 7) is 7.04. The maximum Gasteiger partial charge on any atom is 0.261 e. The normalized spacial score (nSPS) is 13.7. The number of methoxy groups -OCH3 is 1. The van der Waals surface area contributed by atoms with Gasteiger partial charge >= 0.3 is 0 Å². The molecule has 0 aliphatic heterocycles. The van der Waals surface area contributed by atoms with Crippen molar-refractivity contribution in [3.05, 3.63) is 60.7 Å². The molecule has 0 spiro atoms. The van der Waals surface area contributed by atoms with E-state index in [0.29, 0.717) is 6.61 Å². The maximum absolute atomic E-state index is 9.48. The molecule has 130 valence electrons. The molecule has 2 aromatic carbocycles. The van der Waals surface area contributed by atoms with E-state index in [1.54, 1.807) is 7.11 Å². The second kappa shape index (κ2) is 8.08. The average Bonchev–Trinajstić information content (AvgIpc) is 2.59. The van der Waals surface area contributed by atoms with Gasteiger partial charge in [0.05, 0.1) is 13.2 Å². The highest BCUT2D eigenvalue weighted by atomic mass is 28.4. The van der Waals surface area contributed by atoms with Crippen LogP contribution in [0.1, 0.15) is 20.8 Å². The summed E-state index contributed by atoms with van der Waals surface area (Å²) in [4.78, 5) is 0. The van der Waals surface area contributed by atoms with Crippen LogP contribution >= 0.6 is 0 Å². The van der Waals surface area contributed by atoms with Crippen LogP contribution in [-0.2, 0) is 9.16 Å². The van der Waals surface area contributed by atoms with E-state index in [4.69, 9.17) is 9.16 Å². The Morgan fingerprint density at radius 2 is 1.38 bits per heavy atom. The van der Waals surface area contributed by atoms with Gasteiger partial charge in [-0.2, -0.15) is 0 Å². The summed E-state index contributed by atoms with van der Waals surface area (Å²) in [5.74, 6) is 0. The summed E-state index contributed by atoms with van der Waals surface area (Å²) >= 11 is 0. The second-order valence-electron chi connectivity index (χ2n) is 7.01. The van der Waals surface area contributed by atoms with E-state index >= 15 is 0 Å². The van der Waals surface area contributed by atoms with Gasteiger partial charge in [-0.25, -0.2) is 0 Å². The lowest BCUT2D eigenvalue weighted by molar-refractivity contribution is 0.0138. The summed E-state index contributed by atoms with van der Waals surface area (Å²) in [6.07, 6.45) is -0.313. The van der Waals surface area contributed by atoms with Gasteiger partial charge in [-0.15, -0.1) is 0 Å². The van der Waals surface area contributed by atoms with E-state index in [1.165, 1.54) is 10.4 Å². The number of ether oxygens (including phenoxy) is 1. The maximum atomic E-state index is 9.48. The van der Waals surface area contributed by atoms with Crippen LogP contribution in [0, 0.1) is 0 Å². The zero-order valence-electron chi connectivity index (χ0n) is 15.0. The third-order valence-electron chi connectivity index (χ3n) is 4.44. The van der Waals surface area contributed by atoms with Gasteiger partial charge in [0.15, 0.2) is 0 Å². The highest BCUT2D eigenvalue weighted by molar-refractivity contribution is 6.99. The molecule has 0 amide bonds. The SMILES string of the molecule is CO[C@@H](CO)CO[Si](c1ccccc1)(c1ccccc1)C(C)(C)C. The molecule has 0 unspecified atom stereocenters. The van der Waals surface area contributed by atoms with Gasteiger partial charge < -0.3 is 14.3 Å². The minimum atomic E-state index is -2.54. The number of aliphatic hydroxyl groups excluding tert-OH is 1. The van der Waals surface area contributed by atoms with Crippen molar-refractivity contribution in [1.82, 2.24) is 0 Å². The van der Waals surface area contributed by atoms with Gasteiger partial charge in [0.2, 0.25) is 0 Å². The standard InChI is InChI=1S/C20H28O3Si/c1-20(2,3)24(18-11-7-5-8-12-18,19-13-9-6-10-14-19)23-16-17(15-21)22-4/h5-14,17,21H,15-16H2,1-4H3/t17-/m0/s1. The molecule has 0 aliphatic carbocycles. The summed E-state index contributed by atoms with van der Waals surface area (Å²) < 4.78 is 12.0. The number of aliphatic hydroxyl groups is 1. The van der Waals surface area contributed by atoms with Crippen molar-refractivity contribution in [2.24, 2.45) is 0 Å². The van der Waals surface area contributed by atoms with E-state index < -0.39 is 8.32 Å². The Kier molecular flexibility index (Phi) is 6.35. The van der Waals surface area contributed by atoms with Crippen LogP contribution in [0.5, 0.6) is 0 Å². The Morgan fingerprint density at radius 3 is 1.71 bits per heavy atom. The molecule has 0 saturated carbocycles. The Hall–Kier alpha value is -1.46. The minimum Gasteiger partial charge on any atom is -0.405 e. The molecule has 0 aliphatic rings. The first-order valence-corrected chi connectivity index (χ1v) is 10.2. The van der Waals surface area contributed by atoms with Crippen LogP contribution in [0.2, 0.25) is 5.04 Å². The molecule has 4 heteroatoms. The molecule has 1 N–H and O–H groups in total. The summed E-state index contributed by atoms with van der Waals surface area (Å²) in [7, 11) is -0.929. The highest BCUT2D eigenvalue weighted by Gasteiger charge is 2.50. The fourth-order valence-corrected chi connectivity index (χ4v) is 7.77. The first-order chi connectivity index (χ1) is 11.5. The molecular weight excluding hydrogens is 316 g/mol. The molecule has 0 radical (unpaired) electrons. The fraction of sp³-hybridized carbons (Fsp3) is 0.400. The minimum absolute atomic E-state index is 0.0469. The van der Waals surface area contributed by atoms with E-state index in [2.05, 4.69) is 69.3 Å². The van der Waals surface area contributed by atoms with Crippen LogP contribution in [0.15, 0.2) is 60.7 Å². The Balaban J connectivity index is 2.57. The lowest BCUT2D eigenvalue weighted by Gasteiger charge is -2.43. The molecule has 0 aromatic heterocycles. The van der Waals surface area contributed by atoms with E-state index in [9.17, 15) is 5.11 Å². The first kappa shape index (κ1) is 18.9. The van der Waals surface area contributed by atoms with Crippen LogP contribution in [0.3, 0.4) is 0 Å². The Labute approximate surface area is 146 Å². The Bertz CT molecular complexity index is 564. The summed E-state index contributed by atoms with van der Waals surface area (Å²) in [5.41, 5.74) is 0. The van der Waals surface area contributed by atoms with Crippen molar-refractivity contribution in [1.29, 1.82) is 0 Å². The fourth-order valence-electron chi connectivity index (χ4n) is 3.17. The number of rotatable bonds is 7. The molecule has 2 rings (SSSR count). The van der Waals surface area contributed by atoms with Crippen molar-refractivity contribution >= 4 is 18.7 Å². The quantitative estimate of drug-likeness (QED) is 0.785. The van der Waals surface area contributed by atoms with E-state index in [0.717, 1.165) is 0 Å². The molecule has 0 saturated heterocycles. The van der Waals surface area contributed by atoms with Crippen LogP contribution in [0.4, 0.5) is 0 Å².